The smallest absolute Gasteiger partial charge is 0.238 e. The number of carbonyl (C=O) groups is 1. The molecule has 0 atom stereocenters. The van der Waals surface area contributed by atoms with Crippen LogP contribution < -0.4 is 15.8 Å². The second-order valence-electron chi connectivity index (χ2n) is 5.57. The minimum atomic E-state index is -3.71. The molecular weight excluding hydrogens is 406 g/mol. The van der Waals surface area contributed by atoms with Gasteiger partial charge in [0, 0.05) is 17.5 Å². The Labute approximate surface area is 164 Å². The first-order valence-electron chi connectivity index (χ1n) is 7.89. The largest absolute Gasteiger partial charge is 0.332 e. The van der Waals surface area contributed by atoms with Crippen LogP contribution in [0.1, 0.15) is 19.0 Å². The van der Waals surface area contributed by atoms with Crippen LogP contribution in [0.2, 0.25) is 0 Å². The average molecular weight is 424 g/mol. The molecule has 11 heteroatoms. The summed E-state index contributed by atoms with van der Waals surface area (Å²) in [6.07, 6.45) is 0.392. The van der Waals surface area contributed by atoms with E-state index < -0.39 is 10.0 Å². The summed E-state index contributed by atoms with van der Waals surface area (Å²) in [5, 5.41) is 14.1. The molecule has 2 heterocycles. The van der Waals surface area contributed by atoms with Gasteiger partial charge in [0.05, 0.1) is 21.2 Å². The van der Waals surface area contributed by atoms with Crippen LogP contribution in [0.5, 0.6) is 0 Å². The lowest BCUT2D eigenvalue weighted by Crippen LogP contribution is -2.11. The Morgan fingerprint density at radius 1 is 1.19 bits per heavy atom. The minimum absolute atomic E-state index is 0.0508. The highest BCUT2D eigenvalue weighted by atomic mass is 32.2. The van der Waals surface area contributed by atoms with E-state index >= 15 is 0 Å². The van der Waals surface area contributed by atoms with E-state index in [-0.39, 0.29) is 10.8 Å². The van der Waals surface area contributed by atoms with Crippen LogP contribution >= 0.6 is 22.7 Å². The third kappa shape index (κ3) is 4.69. The number of nitrogens with one attached hydrogen (secondary N) is 2. The fourth-order valence-electron chi connectivity index (χ4n) is 2.18. The van der Waals surface area contributed by atoms with Crippen LogP contribution in [-0.2, 0) is 14.8 Å². The van der Waals surface area contributed by atoms with Gasteiger partial charge in [-0.25, -0.2) is 23.5 Å². The van der Waals surface area contributed by atoms with Crippen LogP contribution in [0.4, 0.5) is 16.0 Å². The minimum Gasteiger partial charge on any atom is -0.332 e. The van der Waals surface area contributed by atoms with Crippen molar-refractivity contribution < 1.29 is 13.2 Å². The lowest BCUT2D eigenvalue weighted by atomic mass is 10.3. The number of anilines is 3. The molecule has 3 rings (SSSR count). The Balaban J connectivity index is 1.76. The van der Waals surface area contributed by atoms with Gasteiger partial charge in [0.25, 0.3) is 0 Å². The number of nitrogens with two attached hydrogens (primary N) is 1. The third-order valence-corrected chi connectivity index (χ3v) is 6.32. The second-order valence-corrected chi connectivity index (χ2v) is 8.99. The Kier molecular flexibility index (Phi) is 5.56. The zero-order chi connectivity index (χ0) is 19.6. The number of rotatable bonds is 6. The standard InChI is InChI=1S/C16H17N5O3S3/c1-3-13(22)21-16-18-9(2)14(26-16)12-8-25-15(20-12)19-10-4-6-11(7-5-10)27(17,23)24/h4-8H,3H2,1-2H3,(H,19,20)(H2,17,23,24)(H,18,21,22). The molecule has 1 amide bonds. The maximum atomic E-state index is 11.5. The Morgan fingerprint density at radius 2 is 1.89 bits per heavy atom. The molecule has 0 fully saturated rings. The molecule has 0 bridgehead atoms. The number of benzene rings is 1. The van der Waals surface area contributed by atoms with E-state index in [1.54, 1.807) is 19.1 Å². The molecule has 0 aliphatic rings. The molecule has 27 heavy (non-hydrogen) atoms. The zero-order valence-corrected chi connectivity index (χ0v) is 17.0. The Hall–Kier alpha value is -2.34. The molecule has 0 spiro atoms. The van der Waals surface area contributed by atoms with Crippen LogP contribution in [0.25, 0.3) is 10.6 Å². The average Bonchev–Trinajstić information content (AvgIpc) is 3.20. The maximum Gasteiger partial charge on any atom is 0.238 e. The first-order chi connectivity index (χ1) is 12.8. The van der Waals surface area contributed by atoms with Gasteiger partial charge in [0.2, 0.25) is 15.9 Å². The van der Waals surface area contributed by atoms with Gasteiger partial charge in [-0.15, -0.1) is 11.3 Å². The monoisotopic (exact) mass is 423 g/mol. The lowest BCUT2D eigenvalue weighted by molar-refractivity contribution is -0.115. The number of nitrogens with zero attached hydrogens (tertiary/aromatic N) is 2. The van der Waals surface area contributed by atoms with Crippen molar-refractivity contribution in [1.82, 2.24) is 9.97 Å². The van der Waals surface area contributed by atoms with Gasteiger partial charge in [-0.05, 0) is 31.2 Å². The van der Waals surface area contributed by atoms with Gasteiger partial charge in [-0.1, -0.05) is 18.3 Å². The van der Waals surface area contributed by atoms with Crippen molar-refractivity contribution in [3.05, 3.63) is 35.3 Å². The first kappa shape index (κ1) is 19.4. The molecule has 0 saturated heterocycles. The number of hydrogen-bond donors (Lipinski definition) is 3. The molecule has 3 aromatic rings. The van der Waals surface area contributed by atoms with Gasteiger partial charge >= 0.3 is 0 Å². The molecule has 8 nitrogen and oxygen atoms in total. The van der Waals surface area contributed by atoms with Gasteiger partial charge in [-0.2, -0.15) is 0 Å². The summed E-state index contributed by atoms with van der Waals surface area (Å²) >= 11 is 2.79. The summed E-state index contributed by atoms with van der Waals surface area (Å²) in [6, 6.07) is 6.11. The highest BCUT2D eigenvalue weighted by molar-refractivity contribution is 7.89. The molecule has 0 saturated carbocycles. The zero-order valence-electron chi connectivity index (χ0n) is 14.5. The maximum absolute atomic E-state index is 11.5. The van der Waals surface area contributed by atoms with Crippen LogP contribution in [0, 0.1) is 6.92 Å². The molecule has 1 aromatic carbocycles. The van der Waals surface area contributed by atoms with Crippen LogP contribution in [0.15, 0.2) is 34.5 Å². The lowest BCUT2D eigenvalue weighted by Gasteiger charge is -2.03. The van der Waals surface area contributed by atoms with Crippen LogP contribution in [-0.4, -0.2) is 24.3 Å². The fourth-order valence-corrected chi connectivity index (χ4v) is 4.44. The number of primary sulfonamides is 1. The third-order valence-electron chi connectivity index (χ3n) is 3.54. The van der Waals surface area contributed by atoms with Crippen LogP contribution in [0.3, 0.4) is 0 Å². The number of thiazole rings is 2. The molecule has 2 aromatic heterocycles. The predicted molar refractivity (Wildman–Crippen MR) is 108 cm³/mol. The topological polar surface area (TPSA) is 127 Å². The number of hydrogen-bond acceptors (Lipinski definition) is 8. The summed E-state index contributed by atoms with van der Waals surface area (Å²) in [7, 11) is -3.71. The number of amides is 1. The van der Waals surface area contributed by atoms with Crippen molar-refractivity contribution in [2.75, 3.05) is 10.6 Å². The molecule has 0 unspecified atom stereocenters. The first-order valence-corrected chi connectivity index (χ1v) is 11.1. The van der Waals surface area contributed by atoms with Crippen molar-refractivity contribution in [2.24, 2.45) is 5.14 Å². The van der Waals surface area contributed by atoms with E-state index in [1.165, 1.54) is 34.8 Å². The normalized spacial score (nSPS) is 11.4. The van der Waals surface area contributed by atoms with Crippen molar-refractivity contribution in [1.29, 1.82) is 0 Å². The van der Waals surface area contributed by atoms with E-state index in [0.29, 0.717) is 22.4 Å². The van der Waals surface area contributed by atoms with Gasteiger partial charge < -0.3 is 10.6 Å². The quantitative estimate of drug-likeness (QED) is 0.558. The van der Waals surface area contributed by atoms with E-state index in [4.69, 9.17) is 5.14 Å². The summed E-state index contributed by atoms with van der Waals surface area (Å²) < 4.78 is 22.6. The summed E-state index contributed by atoms with van der Waals surface area (Å²) in [5.41, 5.74) is 2.25. The molecular formula is C16H17N5O3S3. The summed E-state index contributed by atoms with van der Waals surface area (Å²) in [5.74, 6) is -0.0844. The summed E-state index contributed by atoms with van der Waals surface area (Å²) in [6.45, 7) is 3.65. The highest BCUT2D eigenvalue weighted by Gasteiger charge is 2.14. The molecule has 4 N–H and O–H groups in total. The Morgan fingerprint density at radius 3 is 2.52 bits per heavy atom. The number of sulfonamides is 1. The highest BCUT2D eigenvalue weighted by Crippen LogP contribution is 2.35. The van der Waals surface area contributed by atoms with E-state index in [2.05, 4.69) is 20.6 Å². The van der Waals surface area contributed by atoms with E-state index in [0.717, 1.165) is 16.3 Å². The van der Waals surface area contributed by atoms with Crippen molar-refractivity contribution in [3.63, 3.8) is 0 Å². The van der Waals surface area contributed by atoms with E-state index in [1.807, 2.05) is 12.3 Å². The summed E-state index contributed by atoms with van der Waals surface area (Å²) in [4.78, 5) is 21.4. The number of aryl methyl sites for hydroxylation is 1. The van der Waals surface area contributed by atoms with Gasteiger partial charge in [0.15, 0.2) is 10.3 Å². The SMILES string of the molecule is CCC(=O)Nc1nc(C)c(-c2csc(Nc3ccc(S(N)(=O)=O)cc3)n2)s1. The second kappa shape index (κ2) is 7.72. The predicted octanol–water partition coefficient (Wildman–Crippen LogP) is 3.31. The van der Waals surface area contributed by atoms with E-state index in [9.17, 15) is 13.2 Å². The Bertz CT molecular complexity index is 1070. The van der Waals surface area contributed by atoms with Crippen molar-refractivity contribution in [3.8, 4) is 10.6 Å². The molecule has 142 valence electrons. The number of carbonyl (C=O) groups excluding carboxylic acids is 1. The van der Waals surface area contributed by atoms with Gasteiger partial charge in [0.1, 0.15) is 0 Å². The molecule has 0 aliphatic carbocycles. The van der Waals surface area contributed by atoms with Gasteiger partial charge in [-0.3, -0.25) is 4.79 Å². The molecule has 0 radical (unpaired) electrons. The van der Waals surface area contributed by atoms with Crippen molar-refractivity contribution in [2.45, 2.75) is 25.2 Å². The van der Waals surface area contributed by atoms with Crippen molar-refractivity contribution >= 4 is 54.6 Å². The molecule has 0 aliphatic heterocycles. The fraction of sp³-hybridized carbons (Fsp3) is 0.188. The number of aromatic nitrogens is 2.